The molecule has 30 heavy (non-hydrogen) atoms. The fourth-order valence-corrected chi connectivity index (χ4v) is 3.52. The second kappa shape index (κ2) is 11.6. The molecule has 0 aliphatic heterocycles. The number of ether oxygens (including phenoxy) is 2. The number of benzene rings is 2. The van der Waals surface area contributed by atoms with Gasteiger partial charge in [0.15, 0.2) is 23.9 Å². The molecule has 7 heteroatoms. The van der Waals surface area contributed by atoms with Gasteiger partial charge in [-0.1, -0.05) is 43.6 Å². The SMILES string of the molecule is CCN(CC)C(CNC(=O)COc1ccc(C(C)=O)cc1OC)c1ccccc1Cl. The van der Waals surface area contributed by atoms with Crippen LogP contribution in [0.25, 0.3) is 0 Å². The van der Waals surface area contributed by atoms with Gasteiger partial charge in [-0.3, -0.25) is 14.5 Å². The van der Waals surface area contributed by atoms with E-state index in [4.69, 9.17) is 21.1 Å². The lowest BCUT2D eigenvalue weighted by Crippen LogP contribution is -2.39. The third-order valence-electron chi connectivity index (χ3n) is 4.94. The maximum atomic E-state index is 12.4. The van der Waals surface area contributed by atoms with E-state index < -0.39 is 0 Å². The van der Waals surface area contributed by atoms with Crippen LogP contribution in [-0.2, 0) is 4.79 Å². The molecule has 162 valence electrons. The molecule has 0 spiro atoms. The number of hydrogen-bond donors (Lipinski definition) is 1. The molecule has 0 saturated carbocycles. The summed E-state index contributed by atoms with van der Waals surface area (Å²) in [4.78, 5) is 26.2. The van der Waals surface area contributed by atoms with Gasteiger partial charge < -0.3 is 14.8 Å². The Morgan fingerprint density at radius 3 is 2.40 bits per heavy atom. The molecular weight excluding hydrogens is 404 g/mol. The van der Waals surface area contributed by atoms with Crippen molar-refractivity contribution in [3.05, 3.63) is 58.6 Å². The van der Waals surface area contributed by atoms with Crippen molar-refractivity contribution in [3.8, 4) is 11.5 Å². The molecule has 1 N–H and O–H groups in total. The molecule has 6 nitrogen and oxygen atoms in total. The van der Waals surface area contributed by atoms with Crippen molar-refractivity contribution in [2.75, 3.05) is 33.4 Å². The predicted molar refractivity (Wildman–Crippen MR) is 119 cm³/mol. The largest absolute Gasteiger partial charge is 0.493 e. The quantitative estimate of drug-likeness (QED) is 0.541. The molecule has 2 aromatic rings. The first-order chi connectivity index (χ1) is 14.4. The highest BCUT2D eigenvalue weighted by Gasteiger charge is 2.21. The second-order valence-electron chi connectivity index (χ2n) is 6.77. The number of amides is 1. The smallest absolute Gasteiger partial charge is 0.258 e. The van der Waals surface area contributed by atoms with Gasteiger partial charge in [0.05, 0.1) is 13.2 Å². The van der Waals surface area contributed by atoms with Crippen molar-refractivity contribution in [2.24, 2.45) is 0 Å². The lowest BCUT2D eigenvalue weighted by molar-refractivity contribution is -0.123. The number of nitrogens with zero attached hydrogens (tertiary/aromatic N) is 1. The summed E-state index contributed by atoms with van der Waals surface area (Å²) in [6.07, 6.45) is 0. The highest BCUT2D eigenvalue weighted by Crippen LogP contribution is 2.29. The topological polar surface area (TPSA) is 67.9 Å². The number of likely N-dealkylation sites (N-methyl/N-ethyl adjacent to an activating group) is 1. The number of Topliss-reactive ketones (excluding diaryl/α,β-unsaturated/α-hetero) is 1. The Morgan fingerprint density at radius 2 is 1.80 bits per heavy atom. The molecule has 2 rings (SSSR count). The van der Waals surface area contributed by atoms with E-state index in [1.807, 2.05) is 24.3 Å². The normalized spacial score (nSPS) is 11.8. The maximum Gasteiger partial charge on any atom is 0.258 e. The number of carbonyl (C=O) groups excluding carboxylic acids is 2. The summed E-state index contributed by atoms with van der Waals surface area (Å²) < 4.78 is 10.9. The standard InChI is InChI=1S/C23H29ClN2O4/c1-5-26(6-2)20(18-9-7-8-10-19(18)24)14-25-23(28)15-30-21-12-11-17(16(3)27)13-22(21)29-4/h7-13,20H,5-6,14-15H2,1-4H3,(H,25,28). The summed E-state index contributed by atoms with van der Waals surface area (Å²) in [6, 6.07) is 12.5. The average molecular weight is 433 g/mol. The summed E-state index contributed by atoms with van der Waals surface area (Å²) in [7, 11) is 1.49. The minimum absolute atomic E-state index is 0.0398. The summed E-state index contributed by atoms with van der Waals surface area (Å²) in [6.45, 7) is 7.55. The van der Waals surface area contributed by atoms with E-state index in [0.717, 1.165) is 18.7 Å². The molecule has 0 fully saturated rings. The fraction of sp³-hybridized carbons (Fsp3) is 0.391. The zero-order valence-electron chi connectivity index (χ0n) is 17.9. The summed E-state index contributed by atoms with van der Waals surface area (Å²) in [5, 5.41) is 3.61. The highest BCUT2D eigenvalue weighted by molar-refractivity contribution is 6.31. The number of carbonyl (C=O) groups is 2. The zero-order valence-corrected chi connectivity index (χ0v) is 18.7. The van der Waals surface area contributed by atoms with Gasteiger partial charge in [-0.25, -0.2) is 0 Å². The number of ketones is 1. The molecule has 0 radical (unpaired) electrons. The van der Waals surface area contributed by atoms with Crippen molar-refractivity contribution >= 4 is 23.3 Å². The van der Waals surface area contributed by atoms with Gasteiger partial charge in [0.1, 0.15) is 0 Å². The molecule has 1 atom stereocenters. The maximum absolute atomic E-state index is 12.4. The zero-order chi connectivity index (χ0) is 22.1. The molecule has 0 aromatic heterocycles. The molecule has 0 bridgehead atoms. The number of nitrogens with one attached hydrogen (secondary N) is 1. The van der Waals surface area contributed by atoms with E-state index in [-0.39, 0.29) is 24.3 Å². The highest BCUT2D eigenvalue weighted by atomic mass is 35.5. The van der Waals surface area contributed by atoms with Crippen molar-refractivity contribution < 1.29 is 19.1 Å². The first kappa shape index (κ1) is 23.7. The van der Waals surface area contributed by atoms with E-state index in [1.54, 1.807) is 18.2 Å². The third-order valence-corrected chi connectivity index (χ3v) is 5.28. The Kier molecular flexibility index (Phi) is 9.15. The van der Waals surface area contributed by atoms with Crippen LogP contribution in [0, 0.1) is 0 Å². The number of rotatable bonds is 11. The lowest BCUT2D eigenvalue weighted by atomic mass is 10.0. The predicted octanol–water partition coefficient (Wildman–Crippen LogP) is 4.13. The minimum atomic E-state index is -0.253. The van der Waals surface area contributed by atoms with Gasteiger partial charge >= 0.3 is 0 Å². The first-order valence-electron chi connectivity index (χ1n) is 9.98. The summed E-state index contributed by atoms with van der Waals surface area (Å²) in [5.41, 5.74) is 1.50. The fourth-order valence-electron chi connectivity index (χ4n) is 3.26. The van der Waals surface area contributed by atoms with Gasteiger partial charge in [0.25, 0.3) is 5.91 Å². The second-order valence-corrected chi connectivity index (χ2v) is 7.18. The average Bonchev–Trinajstić information content (AvgIpc) is 2.75. The number of hydrogen-bond acceptors (Lipinski definition) is 5. The Labute approximate surface area is 183 Å². The van der Waals surface area contributed by atoms with E-state index in [9.17, 15) is 9.59 Å². The lowest BCUT2D eigenvalue weighted by Gasteiger charge is -2.30. The van der Waals surface area contributed by atoms with Crippen molar-refractivity contribution in [1.29, 1.82) is 0 Å². The van der Waals surface area contributed by atoms with Gasteiger partial charge in [0.2, 0.25) is 0 Å². The van der Waals surface area contributed by atoms with E-state index in [1.165, 1.54) is 14.0 Å². The van der Waals surface area contributed by atoms with Gasteiger partial charge in [-0.15, -0.1) is 0 Å². The van der Waals surface area contributed by atoms with Crippen LogP contribution in [0.2, 0.25) is 5.02 Å². The minimum Gasteiger partial charge on any atom is -0.493 e. The van der Waals surface area contributed by atoms with Gasteiger partial charge in [0, 0.05) is 17.1 Å². The number of methoxy groups -OCH3 is 1. The molecule has 0 heterocycles. The van der Waals surface area contributed by atoms with Crippen LogP contribution in [0.5, 0.6) is 11.5 Å². The Hall–Kier alpha value is -2.57. The Bertz CT molecular complexity index is 868. The van der Waals surface area contributed by atoms with Crippen LogP contribution in [0.1, 0.15) is 42.7 Å². The molecule has 0 saturated heterocycles. The Morgan fingerprint density at radius 1 is 1.10 bits per heavy atom. The van der Waals surface area contributed by atoms with Crippen molar-refractivity contribution in [2.45, 2.75) is 26.8 Å². The van der Waals surface area contributed by atoms with Crippen LogP contribution in [0.15, 0.2) is 42.5 Å². The molecule has 1 amide bonds. The molecular formula is C23H29ClN2O4. The number of halogens is 1. The Balaban J connectivity index is 2.03. The van der Waals surface area contributed by atoms with E-state index in [0.29, 0.717) is 28.6 Å². The summed E-state index contributed by atoms with van der Waals surface area (Å²) >= 11 is 6.40. The van der Waals surface area contributed by atoms with Crippen LogP contribution in [-0.4, -0.2) is 49.9 Å². The van der Waals surface area contributed by atoms with Crippen LogP contribution in [0.3, 0.4) is 0 Å². The van der Waals surface area contributed by atoms with Crippen LogP contribution in [0.4, 0.5) is 0 Å². The molecule has 1 unspecified atom stereocenters. The van der Waals surface area contributed by atoms with Crippen molar-refractivity contribution in [1.82, 2.24) is 10.2 Å². The van der Waals surface area contributed by atoms with Crippen LogP contribution < -0.4 is 14.8 Å². The van der Waals surface area contributed by atoms with Crippen molar-refractivity contribution in [3.63, 3.8) is 0 Å². The van der Waals surface area contributed by atoms with E-state index in [2.05, 4.69) is 24.1 Å². The summed E-state index contributed by atoms with van der Waals surface area (Å²) in [5.74, 6) is 0.494. The van der Waals surface area contributed by atoms with Crippen LogP contribution >= 0.6 is 11.6 Å². The first-order valence-corrected chi connectivity index (χ1v) is 10.4. The molecule has 0 aliphatic carbocycles. The third kappa shape index (κ3) is 6.21. The van der Waals surface area contributed by atoms with E-state index >= 15 is 0 Å². The molecule has 2 aromatic carbocycles. The monoisotopic (exact) mass is 432 g/mol. The van der Waals surface area contributed by atoms with Gasteiger partial charge in [-0.2, -0.15) is 0 Å². The molecule has 0 aliphatic rings. The van der Waals surface area contributed by atoms with Gasteiger partial charge in [-0.05, 0) is 49.8 Å².